The molecule has 14 heavy (non-hydrogen) atoms. The molecule has 0 aliphatic rings. The van der Waals surface area contributed by atoms with Crippen LogP contribution in [0.4, 0.5) is 0 Å². The van der Waals surface area contributed by atoms with Crippen LogP contribution in [0.2, 0.25) is 0 Å². The fraction of sp³-hybridized carbons (Fsp3) is 0.455. The quantitative estimate of drug-likeness (QED) is 0.873. The average Bonchev–Trinajstić information content (AvgIpc) is 2.16. The Morgan fingerprint density at radius 1 is 1.07 bits per heavy atom. The highest BCUT2D eigenvalue weighted by atomic mass is 79.9. The number of hydrogen-bond acceptors (Lipinski definition) is 2. The zero-order valence-corrected chi connectivity index (χ0v) is 10.2. The Kier molecular flexibility index (Phi) is 4.11. The Labute approximate surface area is 93.8 Å². The van der Waals surface area contributed by atoms with Gasteiger partial charge in [0, 0.05) is 16.6 Å². The van der Waals surface area contributed by atoms with Crippen LogP contribution < -0.4 is 11.5 Å². The van der Waals surface area contributed by atoms with Crippen molar-refractivity contribution < 1.29 is 0 Å². The summed E-state index contributed by atoms with van der Waals surface area (Å²) in [5.74, 6) is 0.397. The van der Waals surface area contributed by atoms with E-state index in [0.717, 1.165) is 10.0 Å². The van der Waals surface area contributed by atoms with Crippen molar-refractivity contribution in [3.8, 4) is 0 Å². The maximum absolute atomic E-state index is 6.05. The molecule has 0 aliphatic carbocycles. The van der Waals surface area contributed by atoms with E-state index in [1.165, 1.54) is 0 Å². The summed E-state index contributed by atoms with van der Waals surface area (Å²) in [5, 5.41) is 0. The first kappa shape index (κ1) is 11.7. The fourth-order valence-electron chi connectivity index (χ4n) is 1.32. The summed E-state index contributed by atoms with van der Waals surface area (Å²) in [4.78, 5) is 0. The second kappa shape index (κ2) is 4.91. The molecule has 2 atom stereocenters. The molecule has 3 heteroatoms. The second-order valence-corrected chi connectivity index (χ2v) is 4.81. The highest BCUT2D eigenvalue weighted by molar-refractivity contribution is 9.10. The number of halogens is 1. The zero-order valence-electron chi connectivity index (χ0n) is 8.57. The standard InChI is InChI=1S/C11H17BrN2/c1-7(2)10(13)11(14)8-3-5-9(12)6-4-8/h3-7,10-11H,13-14H2,1-2H3/t10-,11-/m0/s1. The van der Waals surface area contributed by atoms with Crippen LogP contribution in [-0.2, 0) is 0 Å². The third-order valence-electron chi connectivity index (χ3n) is 2.44. The van der Waals surface area contributed by atoms with E-state index in [2.05, 4.69) is 29.8 Å². The van der Waals surface area contributed by atoms with E-state index in [9.17, 15) is 0 Å². The smallest absolute Gasteiger partial charge is 0.0451 e. The summed E-state index contributed by atoms with van der Waals surface area (Å²) >= 11 is 3.39. The van der Waals surface area contributed by atoms with Crippen LogP contribution in [0, 0.1) is 5.92 Å². The van der Waals surface area contributed by atoms with Crippen LogP contribution in [0.3, 0.4) is 0 Å². The third kappa shape index (κ3) is 2.80. The normalized spacial score (nSPS) is 15.6. The molecule has 0 saturated heterocycles. The Balaban J connectivity index is 2.78. The lowest BCUT2D eigenvalue weighted by atomic mass is 9.93. The summed E-state index contributed by atoms with van der Waals surface area (Å²) < 4.78 is 1.06. The van der Waals surface area contributed by atoms with E-state index in [1.54, 1.807) is 0 Å². The molecular formula is C11H17BrN2. The van der Waals surface area contributed by atoms with E-state index in [-0.39, 0.29) is 12.1 Å². The monoisotopic (exact) mass is 256 g/mol. The summed E-state index contributed by atoms with van der Waals surface area (Å²) in [7, 11) is 0. The Morgan fingerprint density at radius 2 is 1.57 bits per heavy atom. The highest BCUT2D eigenvalue weighted by Crippen LogP contribution is 2.19. The van der Waals surface area contributed by atoms with Gasteiger partial charge in [0.15, 0.2) is 0 Å². The molecule has 0 heterocycles. The lowest BCUT2D eigenvalue weighted by Crippen LogP contribution is -2.38. The van der Waals surface area contributed by atoms with Gasteiger partial charge in [-0.25, -0.2) is 0 Å². The van der Waals surface area contributed by atoms with Crippen LogP contribution in [0.15, 0.2) is 28.7 Å². The number of benzene rings is 1. The van der Waals surface area contributed by atoms with Crippen LogP contribution in [0.1, 0.15) is 25.5 Å². The highest BCUT2D eigenvalue weighted by Gasteiger charge is 2.17. The molecule has 78 valence electrons. The molecule has 0 saturated carbocycles. The fourth-order valence-corrected chi connectivity index (χ4v) is 1.59. The SMILES string of the molecule is CC(C)[C@H](N)[C@@H](N)c1ccc(Br)cc1. The predicted octanol–water partition coefficient (Wildman–Crippen LogP) is 2.43. The van der Waals surface area contributed by atoms with Gasteiger partial charge in [0.05, 0.1) is 0 Å². The van der Waals surface area contributed by atoms with Crippen molar-refractivity contribution >= 4 is 15.9 Å². The van der Waals surface area contributed by atoms with Gasteiger partial charge in [-0.3, -0.25) is 0 Å². The van der Waals surface area contributed by atoms with Crippen LogP contribution in [0.25, 0.3) is 0 Å². The first-order valence-corrected chi connectivity index (χ1v) is 5.58. The van der Waals surface area contributed by atoms with E-state index in [4.69, 9.17) is 11.5 Å². The summed E-state index contributed by atoms with van der Waals surface area (Å²) in [6, 6.07) is 7.93. The maximum Gasteiger partial charge on any atom is 0.0451 e. The molecule has 0 bridgehead atoms. The summed E-state index contributed by atoms with van der Waals surface area (Å²) in [5.41, 5.74) is 13.1. The van der Waals surface area contributed by atoms with Gasteiger partial charge in [-0.1, -0.05) is 41.9 Å². The average molecular weight is 257 g/mol. The van der Waals surface area contributed by atoms with E-state index in [0.29, 0.717) is 5.92 Å². The van der Waals surface area contributed by atoms with Crippen molar-refractivity contribution in [3.63, 3.8) is 0 Å². The Bertz CT molecular complexity index is 282. The minimum absolute atomic E-state index is 0.0103. The molecule has 0 aromatic heterocycles. The van der Waals surface area contributed by atoms with E-state index in [1.807, 2.05) is 24.3 Å². The van der Waals surface area contributed by atoms with Crippen molar-refractivity contribution in [2.24, 2.45) is 17.4 Å². The summed E-state index contributed by atoms with van der Waals surface area (Å²) in [6.45, 7) is 4.17. The molecule has 0 aliphatic heterocycles. The molecule has 1 aromatic rings. The molecule has 2 nitrogen and oxygen atoms in total. The molecule has 0 fully saturated rings. The minimum Gasteiger partial charge on any atom is -0.326 e. The first-order chi connectivity index (χ1) is 6.52. The number of nitrogens with two attached hydrogens (primary N) is 2. The largest absolute Gasteiger partial charge is 0.326 e. The Hall–Kier alpha value is -0.380. The molecule has 0 unspecified atom stereocenters. The van der Waals surface area contributed by atoms with E-state index >= 15 is 0 Å². The molecule has 0 radical (unpaired) electrons. The van der Waals surface area contributed by atoms with Crippen molar-refractivity contribution in [2.75, 3.05) is 0 Å². The predicted molar refractivity (Wildman–Crippen MR) is 63.9 cm³/mol. The molecule has 0 spiro atoms. The van der Waals surface area contributed by atoms with Crippen LogP contribution in [-0.4, -0.2) is 6.04 Å². The van der Waals surface area contributed by atoms with Gasteiger partial charge >= 0.3 is 0 Å². The van der Waals surface area contributed by atoms with Gasteiger partial charge in [-0.15, -0.1) is 0 Å². The van der Waals surface area contributed by atoms with Gasteiger partial charge in [0.25, 0.3) is 0 Å². The van der Waals surface area contributed by atoms with Crippen molar-refractivity contribution in [2.45, 2.75) is 25.9 Å². The minimum atomic E-state index is -0.0805. The van der Waals surface area contributed by atoms with Crippen LogP contribution in [0.5, 0.6) is 0 Å². The molecular weight excluding hydrogens is 240 g/mol. The maximum atomic E-state index is 6.05. The van der Waals surface area contributed by atoms with Gasteiger partial charge in [-0.05, 0) is 23.6 Å². The molecule has 1 rings (SSSR count). The molecule has 0 amide bonds. The third-order valence-corrected chi connectivity index (χ3v) is 2.97. The lowest BCUT2D eigenvalue weighted by molar-refractivity contribution is 0.423. The van der Waals surface area contributed by atoms with Gasteiger partial charge in [0.2, 0.25) is 0 Å². The topological polar surface area (TPSA) is 52.0 Å². The number of rotatable bonds is 3. The molecule has 1 aromatic carbocycles. The van der Waals surface area contributed by atoms with Crippen molar-refractivity contribution in [1.82, 2.24) is 0 Å². The van der Waals surface area contributed by atoms with Crippen molar-refractivity contribution in [1.29, 1.82) is 0 Å². The second-order valence-electron chi connectivity index (χ2n) is 3.90. The van der Waals surface area contributed by atoms with Crippen LogP contribution >= 0.6 is 15.9 Å². The van der Waals surface area contributed by atoms with Crippen molar-refractivity contribution in [3.05, 3.63) is 34.3 Å². The van der Waals surface area contributed by atoms with Gasteiger partial charge < -0.3 is 11.5 Å². The van der Waals surface area contributed by atoms with E-state index < -0.39 is 0 Å². The Morgan fingerprint density at radius 3 is 2.00 bits per heavy atom. The summed E-state index contributed by atoms with van der Waals surface area (Å²) in [6.07, 6.45) is 0. The number of hydrogen-bond donors (Lipinski definition) is 2. The van der Waals surface area contributed by atoms with Gasteiger partial charge in [0.1, 0.15) is 0 Å². The van der Waals surface area contributed by atoms with Gasteiger partial charge in [-0.2, -0.15) is 0 Å². The lowest BCUT2D eigenvalue weighted by Gasteiger charge is -2.23. The molecule has 4 N–H and O–H groups in total. The first-order valence-electron chi connectivity index (χ1n) is 4.79. The zero-order chi connectivity index (χ0) is 10.7.